The van der Waals surface area contributed by atoms with Gasteiger partial charge < -0.3 is 9.13 Å². The summed E-state index contributed by atoms with van der Waals surface area (Å²) in [5.74, 6) is 1.94. The molecule has 0 saturated carbocycles. The number of benzene rings is 8. The second-order valence-corrected chi connectivity index (χ2v) is 13.6. The molecule has 0 atom stereocenters. The highest BCUT2D eigenvalue weighted by atomic mass is 15.0. The molecule has 0 saturated heterocycles. The maximum atomic E-state index is 4.97. The van der Waals surface area contributed by atoms with Crippen LogP contribution in [-0.2, 0) is 0 Å². The summed E-state index contributed by atoms with van der Waals surface area (Å²) in [6.07, 6.45) is 0. The average Bonchev–Trinajstić information content (AvgIpc) is 3.77. The zero-order valence-electron chi connectivity index (χ0n) is 29.1. The van der Waals surface area contributed by atoms with Gasteiger partial charge in [-0.15, -0.1) is 0 Å². The summed E-state index contributed by atoms with van der Waals surface area (Å²) in [4.78, 5) is 14.8. The van der Waals surface area contributed by atoms with Gasteiger partial charge in [0.25, 0.3) is 0 Å². The van der Waals surface area contributed by atoms with E-state index in [-0.39, 0.29) is 0 Å². The van der Waals surface area contributed by atoms with Gasteiger partial charge in [-0.2, -0.15) is 0 Å². The summed E-state index contributed by atoms with van der Waals surface area (Å²) in [5.41, 5.74) is 9.79. The lowest BCUT2D eigenvalue weighted by atomic mass is 10.1. The molecule has 0 fully saturated rings. The van der Waals surface area contributed by atoms with Crippen molar-refractivity contribution in [2.24, 2.45) is 0 Å². The van der Waals surface area contributed by atoms with Gasteiger partial charge in [-0.1, -0.05) is 133 Å². The minimum Gasteiger partial charge on any atom is -0.309 e. The van der Waals surface area contributed by atoms with E-state index in [1.165, 1.54) is 49.0 Å². The maximum Gasteiger partial charge on any atom is 0.164 e. The number of hydrogen-bond donors (Lipinski definition) is 0. The van der Waals surface area contributed by atoms with Crippen LogP contribution < -0.4 is 0 Å². The summed E-state index contributed by atoms with van der Waals surface area (Å²) in [6.45, 7) is 0. The molecule has 5 heteroatoms. The first-order valence-corrected chi connectivity index (χ1v) is 18.2. The normalized spacial score (nSPS) is 11.7. The van der Waals surface area contributed by atoms with E-state index in [1.807, 2.05) is 60.7 Å². The molecule has 3 aromatic heterocycles. The Hall–Kier alpha value is -7.37. The molecular formula is C49H31N5. The molecule has 0 spiro atoms. The molecule has 0 unspecified atom stereocenters. The highest BCUT2D eigenvalue weighted by Crippen LogP contribution is 2.43. The summed E-state index contributed by atoms with van der Waals surface area (Å²) in [7, 11) is 0. The number of hydrogen-bond acceptors (Lipinski definition) is 3. The van der Waals surface area contributed by atoms with Gasteiger partial charge in [0.15, 0.2) is 17.5 Å². The quantitative estimate of drug-likeness (QED) is 0.181. The molecule has 11 rings (SSSR count). The SMILES string of the molecule is c1ccc(-c2nc(-c3ccccc3)nc(-c3ccc(-n4c5ccccc5c5c6c7ccccc7n(-c7cccc8ccccc78)c6ccc54)cc3)n2)cc1. The lowest BCUT2D eigenvalue weighted by Gasteiger charge is -2.12. The van der Waals surface area contributed by atoms with Crippen LogP contribution in [0, 0.1) is 0 Å². The van der Waals surface area contributed by atoms with Gasteiger partial charge in [-0.05, 0) is 60.0 Å². The largest absolute Gasteiger partial charge is 0.309 e. The van der Waals surface area contributed by atoms with Crippen LogP contribution in [0.25, 0.3) is 99.9 Å². The number of rotatable bonds is 5. The fraction of sp³-hybridized carbons (Fsp3) is 0. The molecule has 5 nitrogen and oxygen atoms in total. The van der Waals surface area contributed by atoms with E-state index < -0.39 is 0 Å². The number of aromatic nitrogens is 5. The zero-order valence-corrected chi connectivity index (χ0v) is 29.1. The molecule has 0 aliphatic carbocycles. The van der Waals surface area contributed by atoms with Crippen molar-refractivity contribution in [1.82, 2.24) is 24.1 Å². The Morgan fingerprint density at radius 3 is 1.33 bits per heavy atom. The third-order valence-electron chi connectivity index (χ3n) is 10.6. The Morgan fingerprint density at radius 2 is 0.741 bits per heavy atom. The van der Waals surface area contributed by atoms with E-state index in [9.17, 15) is 0 Å². The number of fused-ring (bicyclic) bond motifs is 8. The van der Waals surface area contributed by atoms with Crippen LogP contribution in [0.2, 0.25) is 0 Å². The first-order chi connectivity index (χ1) is 26.8. The lowest BCUT2D eigenvalue weighted by molar-refractivity contribution is 1.07. The molecular weight excluding hydrogens is 659 g/mol. The summed E-state index contributed by atoms with van der Waals surface area (Å²) >= 11 is 0. The van der Waals surface area contributed by atoms with Crippen molar-refractivity contribution in [3.05, 3.63) is 188 Å². The molecule has 8 aromatic carbocycles. The van der Waals surface area contributed by atoms with Crippen LogP contribution in [0.3, 0.4) is 0 Å². The van der Waals surface area contributed by atoms with Crippen molar-refractivity contribution in [3.8, 4) is 45.5 Å². The molecule has 0 aliphatic rings. The van der Waals surface area contributed by atoms with E-state index in [4.69, 9.17) is 15.0 Å². The van der Waals surface area contributed by atoms with Crippen molar-refractivity contribution >= 4 is 54.4 Å². The van der Waals surface area contributed by atoms with Gasteiger partial charge in [0.2, 0.25) is 0 Å². The summed E-state index contributed by atoms with van der Waals surface area (Å²) in [5, 5.41) is 7.43. The maximum absolute atomic E-state index is 4.97. The predicted molar refractivity (Wildman–Crippen MR) is 222 cm³/mol. The smallest absolute Gasteiger partial charge is 0.164 e. The van der Waals surface area contributed by atoms with Crippen molar-refractivity contribution in [1.29, 1.82) is 0 Å². The van der Waals surface area contributed by atoms with Crippen LogP contribution in [-0.4, -0.2) is 24.1 Å². The molecule has 3 heterocycles. The van der Waals surface area contributed by atoms with E-state index in [0.717, 1.165) is 33.4 Å². The Kier molecular flexibility index (Phi) is 6.79. The zero-order chi connectivity index (χ0) is 35.6. The molecule has 252 valence electrons. The first-order valence-electron chi connectivity index (χ1n) is 18.2. The minimum absolute atomic E-state index is 0.638. The Bertz CT molecular complexity index is 3130. The van der Waals surface area contributed by atoms with Crippen LogP contribution in [0.15, 0.2) is 188 Å². The summed E-state index contributed by atoms with van der Waals surface area (Å²) in [6, 6.07) is 66.2. The molecule has 0 N–H and O–H groups in total. The fourth-order valence-electron chi connectivity index (χ4n) is 8.16. The van der Waals surface area contributed by atoms with Crippen molar-refractivity contribution < 1.29 is 0 Å². The molecule has 0 amide bonds. The summed E-state index contributed by atoms with van der Waals surface area (Å²) < 4.78 is 4.82. The molecule has 0 aliphatic heterocycles. The van der Waals surface area contributed by atoms with Crippen molar-refractivity contribution in [2.45, 2.75) is 0 Å². The monoisotopic (exact) mass is 689 g/mol. The van der Waals surface area contributed by atoms with Crippen LogP contribution in [0.5, 0.6) is 0 Å². The second-order valence-electron chi connectivity index (χ2n) is 13.6. The van der Waals surface area contributed by atoms with E-state index >= 15 is 0 Å². The lowest BCUT2D eigenvalue weighted by Crippen LogP contribution is -2.00. The number of nitrogens with zero attached hydrogens (tertiary/aromatic N) is 5. The van der Waals surface area contributed by atoms with Crippen LogP contribution >= 0.6 is 0 Å². The third-order valence-corrected chi connectivity index (χ3v) is 10.6. The predicted octanol–water partition coefficient (Wildman–Crippen LogP) is 12.2. The van der Waals surface area contributed by atoms with Crippen molar-refractivity contribution in [2.75, 3.05) is 0 Å². The molecule has 0 bridgehead atoms. The van der Waals surface area contributed by atoms with Gasteiger partial charge in [0, 0.05) is 49.3 Å². The highest BCUT2D eigenvalue weighted by Gasteiger charge is 2.21. The van der Waals surface area contributed by atoms with Gasteiger partial charge in [0.05, 0.1) is 27.8 Å². The van der Waals surface area contributed by atoms with E-state index in [1.54, 1.807) is 0 Å². The molecule has 0 radical (unpaired) electrons. The number of para-hydroxylation sites is 2. The van der Waals surface area contributed by atoms with Crippen LogP contribution in [0.1, 0.15) is 0 Å². The topological polar surface area (TPSA) is 48.5 Å². The van der Waals surface area contributed by atoms with Gasteiger partial charge in [-0.3, -0.25) is 0 Å². The average molecular weight is 690 g/mol. The van der Waals surface area contributed by atoms with E-state index in [0.29, 0.717) is 17.5 Å². The standard InChI is InChI=1S/C49H31N5/c1-3-15-33(16-4-1)47-50-48(34-17-5-2-6-18-34)52-49(51-47)35-26-28-36(29-27-35)53-41-23-11-9-21-38(41)45-43(53)30-31-44-46(45)39-22-10-12-24-42(39)54(44)40-25-13-19-32-14-7-8-20-37(32)40/h1-31H. The Morgan fingerprint density at radius 1 is 0.296 bits per heavy atom. The molecule has 11 aromatic rings. The molecule has 54 heavy (non-hydrogen) atoms. The third kappa shape index (κ3) is 4.69. The van der Waals surface area contributed by atoms with Gasteiger partial charge in [-0.25, -0.2) is 15.0 Å². The van der Waals surface area contributed by atoms with E-state index in [2.05, 4.69) is 137 Å². The fourth-order valence-corrected chi connectivity index (χ4v) is 8.16. The van der Waals surface area contributed by atoms with Gasteiger partial charge >= 0.3 is 0 Å². The second kappa shape index (κ2) is 12.1. The minimum atomic E-state index is 0.638. The van der Waals surface area contributed by atoms with Crippen molar-refractivity contribution in [3.63, 3.8) is 0 Å². The Labute approximate surface area is 311 Å². The van der Waals surface area contributed by atoms with Crippen LogP contribution in [0.4, 0.5) is 0 Å². The first kappa shape index (κ1) is 30.3. The Balaban J connectivity index is 1.11. The van der Waals surface area contributed by atoms with Gasteiger partial charge in [0.1, 0.15) is 0 Å². The highest BCUT2D eigenvalue weighted by molar-refractivity contribution is 6.29.